The van der Waals surface area contributed by atoms with Gasteiger partial charge >= 0.3 is 5.97 Å². The first-order chi connectivity index (χ1) is 17.8. The van der Waals surface area contributed by atoms with Gasteiger partial charge in [0.2, 0.25) is 0 Å². The number of aryl methyl sites for hydroxylation is 2. The molecule has 8 heteroatoms. The highest BCUT2D eigenvalue weighted by Gasteiger charge is 2.33. The summed E-state index contributed by atoms with van der Waals surface area (Å²) in [4.78, 5) is 25.2. The first kappa shape index (κ1) is 26.4. The van der Waals surface area contributed by atoms with Crippen LogP contribution in [0.15, 0.2) is 71.6 Å². The molecule has 1 aliphatic heterocycles. The molecule has 0 unspecified atom stereocenters. The van der Waals surface area contributed by atoms with E-state index in [2.05, 4.69) is 32.0 Å². The van der Waals surface area contributed by atoms with E-state index in [-0.39, 0.29) is 4.32 Å². The second-order valence-corrected chi connectivity index (χ2v) is 10.4. The average Bonchev–Trinajstić information content (AvgIpc) is 3.10. The predicted molar refractivity (Wildman–Crippen MR) is 150 cm³/mol. The molecule has 0 atom stereocenters. The number of rotatable bonds is 10. The number of ether oxygens (including phenoxy) is 2. The minimum Gasteiger partial charge on any atom is -0.489 e. The Morgan fingerprint density at radius 1 is 0.973 bits per heavy atom. The summed E-state index contributed by atoms with van der Waals surface area (Å²) in [5.74, 6) is -0.371. The van der Waals surface area contributed by atoms with E-state index in [1.54, 1.807) is 6.08 Å². The van der Waals surface area contributed by atoms with E-state index < -0.39 is 18.4 Å². The van der Waals surface area contributed by atoms with Crippen molar-refractivity contribution in [3.63, 3.8) is 0 Å². The van der Waals surface area contributed by atoms with E-state index >= 15 is 0 Å². The number of aliphatic carboxylic acids is 1. The lowest BCUT2D eigenvalue weighted by Crippen LogP contribution is -2.33. The van der Waals surface area contributed by atoms with E-state index in [1.807, 2.05) is 48.5 Å². The van der Waals surface area contributed by atoms with Gasteiger partial charge in [-0.25, -0.2) is 0 Å². The molecule has 1 fully saturated rings. The maximum atomic E-state index is 12.7. The summed E-state index contributed by atoms with van der Waals surface area (Å²) in [6, 6.07) is 21.8. The van der Waals surface area contributed by atoms with Crippen LogP contribution in [0.25, 0.3) is 6.08 Å². The summed E-state index contributed by atoms with van der Waals surface area (Å²) in [5, 5.41) is 9.06. The predicted octanol–water partition coefficient (Wildman–Crippen LogP) is 5.79. The lowest BCUT2D eigenvalue weighted by Gasteiger charge is -2.14. The Labute approximate surface area is 225 Å². The summed E-state index contributed by atoms with van der Waals surface area (Å²) in [6.07, 6.45) is 2.45. The molecule has 1 saturated heterocycles. The van der Waals surface area contributed by atoms with Crippen LogP contribution in [0.3, 0.4) is 0 Å². The van der Waals surface area contributed by atoms with E-state index in [9.17, 15) is 9.59 Å². The van der Waals surface area contributed by atoms with E-state index in [0.717, 1.165) is 34.2 Å². The van der Waals surface area contributed by atoms with Crippen molar-refractivity contribution in [2.24, 2.45) is 0 Å². The van der Waals surface area contributed by atoms with E-state index in [1.165, 1.54) is 16.7 Å². The number of hydrogen-bond donors (Lipinski definition) is 1. The Kier molecular flexibility index (Phi) is 8.63. The molecule has 1 amide bonds. The van der Waals surface area contributed by atoms with Crippen LogP contribution in [0.1, 0.15) is 27.8 Å². The summed E-state index contributed by atoms with van der Waals surface area (Å²) in [7, 11) is 0. The van der Waals surface area contributed by atoms with Crippen LogP contribution in [0.4, 0.5) is 0 Å². The molecular formula is C29H27NO5S2. The second-order valence-electron chi connectivity index (χ2n) is 8.74. The Balaban J connectivity index is 1.53. The van der Waals surface area contributed by atoms with Crippen LogP contribution in [0, 0.1) is 13.8 Å². The zero-order valence-electron chi connectivity index (χ0n) is 20.6. The topological polar surface area (TPSA) is 76.1 Å². The Hall–Kier alpha value is -3.62. The Morgan fingerprint density at radius 3 is 2.41 bits per heavy atom. The summed E-state index contributed by atoms with van der Waals surface area (Å²) in [6.45, 7) is 4.55. The van der Waals surface area contributed by atoms with Gasteiger partial charge in [-0.1, -0.05) is 89.7 Å². The standard InChI is InChI=1S/C29H27NO5S2/c1-19-12-20(2)14-23(13-19)10-11-34-24-9-8-22(15-25(24)35-18-21-6-4-3-5-7-21)16-26-28(33)30(17-27(31)32)29(36)37-26/h3-9,12-16H,10-11,17-18H2,1-2H3,(H,31,32)/b26-16-. The molecule has 1 aliphatic rings. The van der Waals surface area contributed by atoms with E-state index in [0.29, 0.717) is 29.6 Å². The third-order valence-electron chi connectivity index (χ3n) is 5.60. The van der Waals surface area contributed by atoms with Gasteiger partial charge in [-0.05, 0) is 48.7 Å². The normalized spacial score (nSPS) is 14.3. The number of amides is 1. The lowest BCUT2D eigenvalue weighted by molar-refractivity contribution is -0.140. The number of benzene rings is 3. The van der Waals surface area contributed by atoms with Crippen molar-refractivity contribution in [2.75, 3.05) is 13.2 Å². The number of carbonyl (C=O) groups is 2. The lowest BCUT2D eigenvalue weighted by atomic mass is 10.1. The SMILES string of the molecule is Cc1cc(C)cc(CCOc2ccc(/C=C3\SC(=S)N(CC(=O)O)C3=O)cc2OCc2ccccc2)c1. The number of carboxylic acid groups (broad SMARTS) is 1. The highest BCUT2D eigenvalue weighted by atomic mass is 32.2. The molecular weight excluding hydrogens is 506 g/mol. The van der Waals surface area contributed by atoms with Crippen molar-refractivity contribution in [1.82, 2.24) is 4.90 Å². The largest absolute Gasteiger partial charge is 0.489 e. The van der Waals surface area contributed by atoms with Crippen LogP contribution >= 0.6 is 24.0 Å². The molecule has 3 aromatic rings. The molecule has 0 aromatic heterocycles. The minimum atomic E-state index is -1.11. The van der Waals surface area contributed by atoms with Crippen LogP contribution in [0.5, 0.6) is 11.5 Å². The van der Waals surface area contributed by atoms with E-state index in [4.69, 9.17) is 26.8 Å². The third-order valence-corrected chi connectivity index (χ3v) is 6.98. The number of hydrogen-bond acceptors (Lipinski definition) is 6. The Bertz CT molecular complexity index is 1330. The first-order valence-corrected chi connectivity index (χ1v) is 13.0. The van der Waals surface area contributed by atoms with Crippen molar-refractivity contribution in [1.29, 1.82) is 0 Å². The zero-order valence-corrected chi connectivity index (χ0v) is 22.2. The average molecular weight is 534 g/mol. The van der Waals surface area contributed by atoms with Gasteiger partial charge in [-0.15, -0.1) is 0 Å². The molecule has 4 rings (SSSR count). The fraction of sp³-hybridized carbons (Fsp3) is 0.207. The molecule has 190 valence electrons. The van der Waals surface area contributed by atoms with Gasteiger partial charge in [0.1, 0.15) is 17.5 Å². The van der Waals surface area contributed by atoms with Crippen molar-refractivity contribution in [3.8, 4) is 11.5 Å². The zero-order chi connectivity index (χ0) is 26.4. The third kappa shape index (κ3) is 7.21. The maximum Gasteiger partial charge on any atom is 0.323 e. The molecule has 3 aromatic carbocycles. The van der Waals surface area contributed by atoms with Gasteiger partial charge in [-0.3, -0.25) is 14.5 Å². The van der Waals surface area contributed by atoms with Crippen molar-refractivity contribution in [3.05, 3.63) is 99.5 Å². The number of nitrogens with zero attached hydrogens (tertiary/aromatic N) is 1. The van der Waals surface area contributed by atoms with Crippen LogP contribution in [0.2, 0.25) is 0 Å². The molecule has 6 nitrogen and oxygen atoms in total. The summed E-state index contributed by atoms with van der Waals surface area (Å²) < 4.78 is 12.5. The van der Waals surface area contributed by atoms with Gasteiger partial charge in [0.15, 0.2) is 11.5 Å². The Morgan fingerprint density at radius 2 is 1.70 bits per heavy atom. The van der Waals surface area contributed by atoms with Gasteiger partial charge in [0, 0.05) is 6.42 Å². The maximum absolute atomic E-state index is 12.7. The highest BCUT2D eigenvalue weighted by molar-refractivity contribution is 8.26. The highest BCUT2D eigenvalue weighted by Crippen LogP contribution is 2.35. The number of carbonyl (C=O) groups excluding carboxylic acids is 1. The first-order valence-electron chi connectivity index (χ1n) is 11.8. The molecule has 1 N–H and O–H groups in total. The van der Waals surface area contributed by atoms with Gasteiger partial charge < -0.3 is 14.6 Å². The van der Waals surface area contributed by atoms with Crippen LogP contribution < -0.4 is 9.47 Å². The number of carboxylic acids is 1. The van der Waals surface area contributed by atoms with Crippen molar-refractivity contribution in [2.45, 2.75) is 26.9 Å². The van der Waals surface area contributed by atoms with Crippen molar-refractivity contribution >= 4 is 46.3 Å². The molecule has 0 radical (unpaired) electrons. The van der Waals surface area contributed by atoms with Crippen LogP contribution in [-0.2, 0) is 22.6 Å². The second kappa shape index (κ2) is 12.1. The quantitative estimate of drug-likeness (QED) is 0.261. The number of thiocarbonyl (C=S) groups is 1. The smallest absolute Gasteiger partial charge is 0.323 e. The summed E-state index contributed by atoms with van der Waals surface area (Å²) >= 11 is 6.28. The van der Waals surface area contributed by atoms with Crippen LogP contribution in [-0.4, -0.2) is 39.4 Å². The molecule has 0 saturated carbocycles. The minimum absolute atomic E-state index is 0.227. The number of thioether (sulfide) groups is 1. The molecule has 0 spiro atoms. The van der Waals surface area contributed by atoms with Gasteiger partial charge in [0.05, 0.1) is 11.5 Å². The fourth-order valence-corrected chi connectivity index (χ4v) is 5.25. The monoisotopic (exact) mass is 533 g/mol. The van der Waals surface area contributed by atoms with Gasteiger partial charge in [0.25, 0.3) is 5.91 Å². The fourth-order valence-electron chi connectivity index (χ4n) is 4.00. The summed E-state index contributed by atoms with van der Waals surface area (Å²) in [5.41, 5.74) is 5.40. The van der Waals surface area contributed by atoms with Crippen molar-refractivity contribution < 1.29 is 24.2 Å². The van der Waals surface area contributed by atoms with Gasteiger partial charge in [-0.2, -0.15) is 0 Å². The molecule has 37 heavy (non-hydrogen) atoms. The molecule has 0 bridgehead atoms. The molecule has 1 heterocycles. The molecule has 0 aliphatic carbocycles.